The second-order valence-electron chi connectivity index (χ2n) is 8.54. The van der Waals surface area contributed by atoms with Crippen LogP contribution < -0.4 is 0 Å². The van der Waals surface area contributed by atoms with E-state index in [1.165, 1.54) is 44.9 Å². The molecule has 0 radical (unpaired) electrons. The lowest BCUT2D eigenvalue weighted by atomic mass is 10.0. The molecule has 0 aliphatic heterocycles. The van der Waals surface area contributed by atoms with E-state index in [9.17, 15) is 18.1 Å². The Hall–Kier alpha value is -0.130. The van der Waals surface area contributed by atoms with Crippen molar-refractivity contribution >= 4 is 10.1 Å². The molecule has 2 N–H and O–H groups in total. The van der Waals surface area contributed by atoms with Crippen LogP contribution in [0.25, 0.3) is 0 Å². The molecule has 0 aromatic carbocycles. The third-order valence-corrected chi connectivity index (χ3v) is 7.05. The molecule has 2 unspecified atom stereocenters. The van der Waals surface area contributed by atoms with Crippen LogP contribution in [0.4, 0.5) is 0 Å². The Kier molecular flexibility index (Phi) is 18.8. The van der Waals surface area contributed by atoms with Gasteiger partial charge in [0, 0.05) is 0 Å². The fourth-order valence-corrected chi connectivity index (χ4v) is 4.88. The van der Waals surface area contributed by atoms with Crippen LogP contribution in [0.2, 0.25) is 0 Å². The quantitative estimate of drug-likeness (QED) is 0.154. The number of aliphatic hydroxyl groups excluding tert-OH is 1. The predicted molar refractivity (Wildman–Crippen MR) is 120 cm³/mol. The van der Waals surface area contributed by atoms with Crippen molar-refractivity contribution in [3.8, 4) is 0 Å². The summed E-state index contributed by atoms with van der Waals surface area (Å²) < 4.78 is 31.8. The number of unbranched alkanes of at least 4 members (excludes halogenated alkanes) is 12. The molecule has 4 nitrogen and oxygen atoms in total. The van der Waals surface area contributed by atoms with E-state index in [1.807, 2.05) is 6.92 Å². The van der Waals surface area contributed by atoms with Gasteiger partial charge in [-0.3, -0.25) is 4.55 Å². The van der Waals surface area contributed by atoms with Crippen molar-refractivity contribution in [3.05, 3.63) is 0 Å². The normalized spacial score (nSPS) is 14.3. The van der Waals surface area contributed by atoms with Gasteiger partial charge >= 0.3 is 0 Å². The summed E-state index contributed by atoms with van der Waals surface area (Å²) in [6.45, 7) is 4.19. The summed E-state index contributed by atoms with van der Waals surface area (Å²) in [5.74, 6) is 0. The van der Waals surface area contributed by atoms with Crippen molar-refractivity contribution in [2.75, 3.05) is 0 Å². The lowest BCUT2D eigenvalue weighted by Crippen LogP contribution is -2.20. The molecule has 0 saturated heterocycles. The van der Waals surface area contributed by atoms with Crippen LogP contribution in [0, 0.1) is 0 Å². The maximum atomic E-state index is 11.3. The maximum Gasteiger partial charge on any atom is 0.267 e. The molecule has 0 rings (SSSR count). The van der Waals surface area contributed by atoms with Crippen molar-refractivity contribution in [1.82, 2.24) is 0 Å². The Morgan fingerprint density at radius 1 is 0.571 bits per heavy atom. The van der Waals surface area contributed by atoms with Gasteiger partial charge < -0.3 is 5.11 Å². The van der Waals surface area contributed by atoms with E-state index < -0.39 is 15.4 Å². The Labute approximate surface area is 175 Å². The zero-order valence-corrected chi connectivity index (χ0v) is 19.5. The second kappa shape index (κ2) is 18.9. The van der Waals surface area contributed by atoms with E-state index in [0.29, 0.717) is 12.8 Å². The van der Waals surface area contributed by atoms with Gasteiger partial charge in [-0.25, -0.2) is 0 Å². The summed E-state index contributed by atoms with van der Waals surface area (Å²) in [6, 6.07) is 0. The highest BCUT2D eigenvalue weighted by Gasteiger charge is 2.21. The lowest BCUT2D eigenvalue weighted by Gasteiger charge is -2.12. The van der Waals surface area contributed by atoms with Crippen molar-refractivity contribution in [1.29, 1.82) is 0 Å². The van der Waals surface area contributed by atoms with Crippen LogP contribution in [-0.4, -0.2) is 29.4 Å². The van der Waals surface area contributed by atoms with Crippen molar-refractivity contribution < 1.29 is 18.1 Å². The molecule has 0 spiro atoms. The molecule has 0 aromatic rings. The highest BCUT2D eigenvalue weighted by Crippen LogP contribution is 2.18. The lowest BCUT2D eigenvalue weighted by molar-refractivity contribution is 0.147. The number of rotatable bonds is 21. The predicted octanol–water partition coefficient (Wildman–Crippen LogP) is 7.06. The third kappa shape index (κ3) is 17.9. The third-order valence-electron chi connectivity index (χ3n) is 5.74. The number of hydrogen-bond donors (Lipinski definition) is 2. The van der Waals surface area contributed by atoms with Gasteiger partial charge in [0.05, 0.1) is 11.4 Å². The molecule has 0 fully saturated rings. The molecule has 0 amide bonds. The molecule has 0 bridgehead atoms. The smallest absolute Gasteiger partial charge is 0.267 e. The second-order valence-corrected chi connectivity index (χ2v) is 10.2. The number of aliphatic hydroxyl groups is 1. The summed E-state index contributed by atoms with van der Waals surface area (Å²) in [5, 5.41) is 9.49. The molecule has 2 atom stereocenters. The molecule has 28 heavy (non-hydrogen) atoms. The van der Waals surface area contributed by atoms with Gasteiger partial charge in [-0.1, -0.05) is 110 Å². The summed E-state index contributed by atoms with van der Waals surface area (Å²) >= 11 is 0. The zero-order valence-electron chi connectivity index (χ0n) is 18.7. The topological polar surface area (TPSA) is 74.6 Å². The molecule has 0 saturated carbocycles. The molecule has 0 aliphatic rings. The standard InChI is InChI=1S/C23H48O4S/c1-3-5-6-7-8-9-12-15-19-22(24)20-16-13-10-11-14-17-21-23(18-4-2)28(25,26)27/h22-24H,3-21H2,1-2H3,(H,25,26,27). The molecular weight excluding hydrogens is 372 g/mol. The average molecular weight is 421 g/mol. The molecule has 5 heteroatoms. The van der Waals surface area contributed by atoms with Gasteiger partial charge in [0.15, 0.2) is 0 Å². The van der Waals surface area contributed by atoms with Gasteiger partial charge in [0.2, 0.25) is 0 Å². The van der Waals surface area contributed by atoms with E-state index >= 15 is 0 Å². The minimum absolute atomic E-state index is 0.135. The SMILES string of the molecule is CCCCCCCCCCC(O)CCCCCCCCC(CCC)S(=O)(=O)O. The minimum Gasteiger partial charge on any atom is -0.393 e. The minimum atomic E-state index is -3.88. The Balaban J connectivity index is 3.43. The Bertz CT molecular complexity index is 422. The highest BCUT2D eigenvalue weighted by atomic mass is 32.2. The van der Waals surface area contributed by atoms with Crippen LogP contribution in [0.15, 0.2) is 0 Å². The largest absolute Gasteiger partial charge is 0.393 e. The summed E-state index contributed by atoms with van der Waals surface area (Å²) in [4.78, 5) is 0. The van der Waals surface area contributed by atoms with E-state index in [1.54, 1.807) is 0 Å². The van der Waals surface area contributed by atoms with E-state index in [-0.39, 0.29) is 6.10 Å². The summed E-state index contributed by atoms with van der Waals surface area (Å²) in [5.41, 5.74) is 0. The van der Waals surface area contributed by atoms with Gasteiger partial charge in [-0.15, -0.1) is 0 Å². The van der Waals surface area contributed by atoms with Gasteiger partial charge in [0.1, 0.15) is 0 Å². The van der Waals surface area contributed by atoms with Gasteiger partial charge in [0.25, 0.3) is 10.1 Å². The molecule has 0 heterocycles. The van der Waals surface area contributed by atoms with Crippen molar-refractivity contribution in [2.45, 2.75) is 147 Å². The van der Waals surface area contributed by atoms with Crippen LogP contribution in [0.5, 0.6) is 0 Å². The first-order valence-corrected chi connectivity index (χ1v) is 13.6. The zero-order chi connectivity index (χ0) is 21.1. The molecular formula is C23H48O4S. The molecule has 170 valence electrons. The van der Waals surface area contributed by atoms with Crippen molar-refractivity contribution in [3.63, 3.8) is 0 Å². The van der Waals surface area contributed by atoms with Crippen LogP contribution in [-0.2, 0) is 10.1 Å². The van der Waals surface area contributed by atoms with Gasteiger partial charge in [-0.2, -0.15) is 8.42 Å². The van der Waals surface area contributed by atoms with Crippen molar-refractivity contribution in [2.24, 2.45) is 0 Å². The fourth-order valence-electron chi connectivity index (χ4n) is 3.88. The molecule has 0 aliphatic carbocycles. The number of hydrogen-bond acceptors (Lipinski definition) is 3. The van der Waals surface area contributed by atoms with Crippen LogP contribution in [0.1, 0.15) is 136 Å². The van der Waals surface area contributed by atoms with Gasteiger partial charge in [-0.05, 0) is 25.7 Å². The monoisotopic (exact) mass is 420 g/mol. The van der Waals surface area contributed by atoms with E-state index in [4.69, 9.17) is 0 Å². The first-order chi connectivity index (χ1) is 13.4. The first-order valence-electron chi connectivity index (χ1n) is 12.1. The first kappa shape index (κ1) is 27.9. The van der Waals surface area contributed by atoms with Crippen LogP contribution >= 0.6 is 0 Å². The van der Waals surface area contributed by atoms with E-state index in [0.717, 1.165) is 64.2 Å². The van der Waals surface area contributed by atoms with E-state index in [2.05, 4.69) is 6.92 Å². The Morgan fingerprint density at radius 2 is 0.964 bits per heavy atom. The summed E-state index contributed by atoms with van der Waals surface area (Å²) in [6.07, 6.45) is 20.5. The van der Waals surface area contributed by atoms with Crippen LogP contribution in [0.3, 0.4) is 0 Å². The molecule has 0 aromatic heterocycles. The Morgan fingerprint density at radius 3 is 1.36 bits per heavy atom. The average Bonchev–Trinajstić information content (AvgIpc) is 2.64. The fraction of sp³-hybridized carbons (Fsp3) is 1.00. The maximum absolute atomic E-state index is 11.3. The summed E-state index contributed by atoms with van der Waals surface area (Å²) in [7, 11) is -3.88. The highest BCUT2D eigenvalue weighted by molar-refractivity contribution is 7.86.